The van der Waals surface area contributed by atoms with Crippen molar-refractivity contribution in [3.8, 4) is 6.01 Å². The highest BCUT2D eigenvalue weighted by atomic mass is 32.2. The Labute approximate surface area is 102 Å². The lowest BCUT2D eigenvalue weighted by Crippen LogP contribution is -2.10. The van der Waals surface area contributed by atoms with Gasteiger partial charge in [-0.3, -0.25) is 0 Å². The Balaban J connectivity index is 2.09. The second-order valence-electron chi connectivity index (χ2n) is 3.04. The van der Waals surface area contributed by atoms with Crippen LogP contribution in [0.2, 0.25) is 0 Å². The molecule has 0 aliphatic heterocycles. The molecule has 6 heteroatoms. The molecule has 86 valence electrons. The summed E-state index contributed by atoms with van der Waals surface area (Å²) in [4.78, 5) is 19.9. The molecule has 1 aromatic carbocycles. The zero-order valence-corrected chi connectivity index (χ0v) is 9.42. The van der Waals surface area contributed by atoms with Gasteiger partial charge in [0, 0.05) is 29.3 Å². The first-order valence-corrected chi connectivity index (χ1v) is 5.47. The van der Waals surface area contributed by atoms with Crippen LogP contribution in [0.1, 0.15) is 10.4 Å². The van der Waals surface area contributed by atoms with E-state index in [0.717, 1.165) is 0 Å². The number of carbonyl (C=O) groups excluding carboxylic acids is 1. The van der Waals surface area contributed by atoms with E-state index in [4.69, 9.17) is 9.29 Å². The Morgan fingerprint density at radius 3 is 2.41 bits per heavy atom. The SMILES string of the molecule is O=C(Oc1ncccn1)c1ccc(SO)cc1. The van der Waals surface area contributed by atoms with Crippen molar-refractivity contribution in [2.75, 3.05) is 0 Å². The fourth-order valence-electron chi connectivity index (χ4n) is 1.13. The molecule has 0 atom stereocenters. The van der Waals surface area contributed by atoms with Crippen LogP contribution in [-0.2, 0) is 0 Å². The third-order valence-corrected chi connectivity index (χ3v) is 2.40. The summed E-state index contributed by atoms with van der Waals surface area (Å²) < 4.78 is 13.7. The summed E-state index contributed by atoms with van der Waals surface area (Å²) in [7, 11) is 0. The van der Waals surface area contributed by atoms with Gasteiger partial charge in [0.1, 0.15) is 0 Å². The molecule has 0 saturated heterocycles. The zero-order valence-electron chi connectivity index (χ0n) is 8.61. The van der Waals surface area contributed by atoms with E-state index in [2.05, 4.69) is 9.97 Å². The largest absolute Gasteiger partial charge is 0.387 e. The standard InChI is InChI=1S/C11H8N2O3S/c14-10(16-11-12-6-1-7-13-11)8-2-4-9(17-15)5-3-8/h1-7,15H. The quantitative estimate of drug-likeness (QED) is 0.663. The lowest BCUT2D eigenvalue weighted by molar-refractivity contribution is 0.0719. The monoisotopic (exact) mass is 248 g/mol. The van der Waals surface area contributed by atoms with Crippen molar-refractivity contribution < 1.29 is 14.1 Å². The van der Waals surface area contributed by atoms with Crippen LogP contribution in [0.15, 0.2) is 47.6 Å². The summed E-state index contributed by atoms with van der Waals surface area (Å²) in [5.41, 5.74) is 0.371. The van der Waals surface area contributed by atoms with Crippen molar-refractivity contribution in [1.29, 1.82) is 0 Å². The predicted octanol–water partition coefficient (Wildman–Crippen LogP) is 2.26. The number of nitrogens with zero attached hydrogens (tertiary/aromatic N) is 2. The van der Waals surface area contributed by atoms with Crippen LogP contribution in [0.5, 0.6) is 6.01 Å². The first kappa shape index (κ1) is 11.6. The summed E-state index contributed by atoms with van der Waals surface area (Å²) in [6, 6.07) is 8.00. The maximum Gasteiger partial charge on any atom is 0.345 e. The van der Waals surface area contributed by atoms with E-state index in [9.17, 15) is 4.79 Å². The Bertz CT molecular complexity index is 502. The fourth-order valence-corrected chi connectivity index (χ4v) is 1.39. The third kappa shape index (κ3) is 3.02. The average molecular weight is 248 g/mol. The number of hydrogen-bond donors (Lipinski definition) is 1. The predicted molar refractivity (Wildman–Crippen MR) is 61.9 cm³/mol. The molecular weight excluding hydrogens is 240 g/mol. The van der Waals surface area contributed by atoms with Crippen LogP contribution in [0, 0.1) is 0 Å². The molecule has 0 fully saturated rings. The number of ether oxygens (including phenoxy) is 1. The van der Waals surface area contributed by atoms with Gasteiger partial charge in [-0.25, -0.2) is 14.8 Å². The van der Waals surface area contributed by atoms with Gasteiger partial charge in [0.15, 0.2) is 0 Å². The molecule has 1 heterocycles. The number of carbonyl (C=O) groups is 1. The first-order valence-electron chi connectivity index (χ1n) is 4.70. The van der Waals surface area contributed by atoms with Gasteiger partial charge in [0.2, 0.25) is 0 Å². The van der Waals surface area contributed by atoms with Gasteiger partial charge >= 0.3 is 12.0 Å². The molecule has 1 aromatic heterocycles. The minimum absolute atomic E-state index is 0.0121. The minimum Gasteiger partial charge on any atom is -0.387 e. The number of rotatable bonds is 3. The Hall–Kier alpha value is -1.92. The van der Waals surface area contributed by atoms with E-state index in [1.807, 2.05) is 0 Å². The van der Waals surface area contributed by atoms with E-state index >= 15 is 0 Å². The van der Waals surface area contributed by atoms with Crippen LogP contribution < -0.4 is 4.74 Å². The molecule has 0 saturated carbocycles. The lowest BCUT2D eigenvalue weighted by Gasteiger charge is -2.02. The molecule has 0 aliphatic carbocycles. The first-order chi connectivity index (χ1) is 8.29. The van der Waals surface area contributed by atoms with E-state index in [0.29, 0.717) is 22.5 Å². The molecule has 17 heavy (non-hydrogen) atoms. The topological polar surface area (TPSA) is 72.3 Å². The van der Waals surface area contributed by atoms with Crippen LogP contribution >= 0.6 is 12.0 Å². The van der Waals surface area contributed by atoms with Gasteiger partial charge in [-0.05, 0) is 30.3 Å². The molecule has 0 spiro atoms. The highest BCUT2D eigenvalue weighted by molar-refractivity contribution is 7.93. The van der Waals surface area contributed by atoms with Crippen LogP contribution in [0.3, 0.4) is 0 Å². The molecule has 0 aliphatic rings. The number of benzene rings is 1. The van der Waals surface area contributed by atoms with Crippen LogP contribution in [0.4, 0.5) is 0 Å². The maximum atomic E-state index is 11.6. The fraction of sp³-hybridized carbons (Fsp3) is 0. The lowest BCUT2D eigenvalue weighted by atomic mass is 10.2. The smallest absolute Gasteiger partial charge is 0.345 e. The van der Waals surface area contributed by atoms with E-state index in [1.165, 1.54) is 12.4 Å². The van der Waals surface area contributed by atoms with Gasteiger partial charge in [-0.15, -0.1) is 0 Å². The van der Waals surface area contributed by atoms with Crippen molar-refractivity contribution in [1.82, 2.24) is 9.97 Å². The average Bonchev–Trinajstić information content (AvgIpc) is 2.40. The zero-order chi connectivity index (χ0) is 12.1. The highest BCUT2D eigenvalue weighted by Gasteiger charge is 2.09. The van der Waals surface area contributed by atoms with Gasteiger partial charge in [-0.1, -0.05) is 0 Å². The molecule has 0 radical (unpaired) electrons. The Kier molecular flexibility index (Phi) is 3.69. The van der Waals surface area contributed by atoms with Gasteiger partial charge < -0.3 is 9.29 Å². The third-order valence-electron chi connectivity index (χ3n) is 1.92. The molecule has 0 unspecified atom stereocenters. The van der Waals surface area contributed by atoms with Gasteiger partial charge in [0.05, 0.1) is 5.56 Å². The maximum absolute atomic E-state index is 11.6. The molecular formula is C11H8N2O3S. The summed E-state index contributed by atoms with van der Waals surface area (Å²) in [6.45, 7) is 0. The second kappa shape index (κ2) is 5.42. The summed E-state index contributed by atoms with van der Waals surface area (Å²) in [5, 5.41) is 0. The molecule has 0 bridgehead atoms. The Morgan fingerprint density at radius 1 is 1.18 bits per heavy atom. The molecule has 2 aromatic rings. The summed E-state index contributed by atoms with van der Waals surface area (Å²) in [6.07, 6.45) is 2.97. The second-order valence-corrected chi connectivity index (χ2v) is 3.69. The van der Waals surface area contributed by atoms with E-state index in [1.54, 1.807) is 30.3 Å². The van der Waals surface area contributed by atoms with E-state index < -0.39 is 5.97 Å². The van der Waals surface area contributed by atoms with Crippen molar-refractivity contribution in [2.45, 2.75) is 4.90 Å². The van der Waals surface area contributed by atoms with Gasteiger partial charge in [0.25, 0.3) is 0 Å². The normalized spacial score (nSPS) is 9.94. The molecule has 1 N–H and O–H groups in total. The van der Waals surface area contributed by atoms with Crippen LogP contribution in [-0.4, -0.2) is 20.5 Å². The summed E-state index contributed by atoms with van der Waals surface area (Å²) in [5.74, 6) is -0.536. The minimum atomic E-state index is -0.536. The summed E-state index contributed by atoms with van der Waals surface area (Å²) >= 11 is 0.616. The molecule has 5 nitrogen and oxygen atoms in total. The van der Waals surface area contributed by atoms with Crippen molar-refractivity contribution >= 4 is 18.0 Å². The highest BCUT2D eigenvalue weighted by Crippen LogP contribution is 2.15. The van der Waals surface area contributed by atoms with Crippen molar-refractivity contribution in [3.63, 3.8) is 0 Å². The Morgan fingerprint density at radius 2 is 1.82 bits per heavy atom. The van der Waals surface area contributed by atoms with Gasteiger partial charge in [-0.2, -0.15) is 0 Å². The number of aromatic nitrogens is 2. The molecule has 0 amide bonds. The molecule has 2 rings (SSSR count). The van der Waals surface area contributed by atoms with Crippen LogP contribution in [0.25, 0.3) is 0 Å². The number of esters is 1. The van der Waals surface area contributed by atoms with E-state index in [-0.39, 0.29) is 6.01 Å². The van der Waals surface area contributed by atoms with Crippen molar-refractivity contribution in [2.24, 2.45) is 0 Å². The number of hydrogen-bond acceptors (Lipinski definition) is 6. The van der Waals surface area contributed by atoms with Crippen molar-refractivity contribution in [3.05, 3.63) is 48.3 Å².